The van der Waals surface area contributed by atoms with Gasteiger partial charge in [-0.2, -0.15) is 0 Å². The van der Waals surface area contributed by atoms with Crippen molar-refractivity contribution in [1.29, 1.82) is 0 Å². The number of fused-ring (bicyclic) bond motifs is 1. The number of ether oxygens (including phenoxy) is 1. The maximum atomic E-state index is 7.18. The number of nitrogens with one attached hydrogen (secondary N) is 1. The van der Waals surface area contributed by atoms with Crippen molar-refractivity contribution in [3.8, 4) is 5.75 Å². The summed E-state index contributed by atoms with van der Waals surface area (Å²) in [6, 6.07) is 7.15. The molecule has 0 fully saturated rings. The predicted molar refractivity (Wildman–Crippen MR) is 84.3 cm³/mol. The van der Waals surface area contributed by atoms with Crippen LogP contribution >= 0.6 is 0 Å². The van der Waals surface area contributed by atoms with Crippen LogP contribution < -0.4 is 10.2 Å². The molecule has 2 aromatic carbocycles. The van der Waals surface area contributed by atoms with Gasteiger partial charge in [-0.15, -0.1) is 0 Å². The molecule has 6 heteroatoms. The van der Waals surface area contributed by atoms with E-state index < -0.39 is 0 Å². The van der Waals surface area contributed by atoms with E-state index in [1.807, 2.05) is 12.1 Å². The van der Waals surface area contributed by atoms with Crippen LogP contribution in [-0.4, -0.2) is 16.8 Å². The molecule has 0 saturated heterocycles. The highest BCUT2D eigenvalue weighted by Crippen LogP contribution is 2.37. The average Bonchev–Trinajstić information content (AvgIpc) is 3.05. The van der Waals surface area contributed by atoms with Crippen molar-refractivity contribution in [1.82, 2.24) is 9.66 Å². The quantitative estimate of drug-likeness (QED) is 0.741. The highest BCUT2D eigenvalue weighted by Gasteiger charge is 2.10. The van der Waals surface area contributed by atoms with E-state index in [1.165, 1.54) is 0 Å². The Morgan fingerprint density at radius 3 is 2.32 bits per heavy atom. The summed E-state index contributed by atoms with van der Waals surface area (Å²) in [5.41, 5.74) is 4.60. The molecule has 0 unspecified atom stereocenters. The van der Waals surface area contributed by atoms with E-state index in [4.69, 9.17) is 17.9 Å². The first-order valence-electron chi connectivity index (χ1n) is 6.41. The number of hydrogen-bond acceptors (Lipinski definition) is 3. The Kier molecular flexibility index (Phi) is 3.35. The molecular weight excluding hydrogens is 278 g/mol. The zero-order chi connectivity index (χ0) is 15.5. The number of methoxy groups -OCH3 is 1. The first kappa shape index (κ1) is 13.5. The van der Waals surface area contributed by atoms with Crippen molar-refractivity contribution < 1.29 is 4.74 Å². The Labute approximate surface area is 127 Å². The fourth-order valence-corrected chi connectivity index (χ4v) is 2.20. The summed E-state index contributed by atoms with van der Waals surface area (Å²) in [6.07, 6.45) is 5.08. The third kappa shape index (κ3) is 2.30. The van der Waals surface area contributed by atoms with Crippen LogP contribution in [0.3, 0.4) is 0 Å². The van der Waals surface area contributed by atoms with Gasteiger partial charge in [-0.25, -0.2) is 4.98 Å². The summed E-state index contributed by atoms with van der Waals surface area (Å²) >= 11 is 0. The summed E-state index contributed by atoms with van der Waals surface area (Å²) in [7, 11) is 1.59. The molecule has 6 nitrogen and oxygen atoms in total. The molecule has 0 amide bonds. The minimum absolute atomic E-state index is 0.347. The van der Waals surface area contributed by atoms with Gasteiger partial charge in [-0.05, 0) is 22.9 Å². The molecule has 3 aromatic rings. The highest BCUT2D eigenvalue weighted by molar-refractivity contribution is 5.96. The fourth-order valence-electron chi connectivity index (χ4n) is 2.20. The lowest BCUT2D eigenvalue weighted by Crippen LogP contribution is -2.07. The second kappa shape index (κ2) is 5.47. The molecule has 3 rings (SSSR count). The zero-order valence-corrected chi connectivity index (χ0v) is 11.7. The Bertz CT molecular complexity index is 916. The second-order valence-electron chi connectivity index (χ2n) is 4.55. The van der Waals surface area contributed by atoms with Gasteiger partial charge in [-0.1, -0.05) is 12.1 Å². The van der Waals surface area contributed by atoms with E-state index >= 15 is 0 Å². The van der Waals surface area contributed by atoms with Crippen molar-refractivity contribution in [2.45, 2.75) is 0 Å². The van der Waals surface area contributed by atoms with Gasteiger partial charge >= 0.3 is 0 Å². The molecule has 0 aliphatic heterocycles. The van der Waals surface area contributed by atoms with Crippen LogP contribution in [0.2, 0.25) is 0 Å². The smallest absolute Gasteiger partial charge is 0.195 e. The van der Waals surface area contributed by atoms with Gasteiger partial charge in [0.25, 0.3) is 0 Å². The molecule has 0 bridgehead atoms. The molecule has 0 aliphatic carbocycles. The van der Waals surface area contributed by atoms with Crippen LogP contribution in [0.5, 0.6) is 5.75 Å². The first-order chi connectivity index (χ1) is 10.7. The Hall–Kier alpha value is -3.51. The Morgan fingerprint density at radius 1 is 1.09 bits per heavy atom. The summed E-state index contributed by atoms with van der Waals surface area (Å²) in [6.45, 7) is 14.3. The van der Waals surface area contributed by atoms with Gasteiger partial charge in [0.05, 0.1) is 25.9 Å². The molecule has 0 radical (unpaired) electrons. The van der Waals surface area contributed by atoms with Crippen molar-refractivity contribution in [3.05, 3.63) is 65.8 Å². The molecule has 106 valence electrons. The van der Waals surface area contributed by atoms with E-state index in [0.717, 1.165) is 16.5 Å². The Balaban J connectivity index is 2.17. The molecule has 1 N–H and O–H groups in total. The molecule has 0 spiro atoms. The van der Waals surface area contributed by atoms with Gasteiger partial charge < -0.3 is 4.74 Å². The SMILES string of the molecule is [C-]#[N+]c1cc2cc(Nn3ccnc3)c(OC)cc2cc1[N+]#[C-]. The van der Waals surface area contributed by atoms with E-state index in [9.17, 15) is 0 Å². The molecule has 22 heavy (non-hydrogen) atoms. The number of imidazole rings is 1. The van der Waals surface area contributed by atoms with Crippen LogP contribution in [0.15, 0.2) is 43.0 Å². The zero-order valence-electron chi connectivity index (χ0n) is 11.7. The topological polar surface area (TPSA) is 47.8 Å². The van der Waals surface area contributed by atoms with Crippen molar-refractivity contribution in [2.75, 3.05) is 12.5 Å². The third-order valence-corrected chi connectivity index (χ3v) is 3.25. The first-order valence-corrected chi connectivity index (χ1v) is 6.41. The summed E-state index contributed by atoms with van der Waals surface area (Å²) < 4.78 is 7.10. The minimum Gasteiger partial charge on any atom is -0.494 e. The van der Waals surface area contributed by atoms with E-state index in [0.29, 0.717) is 17.1 Å². The van der Waals surface area contributed by atoms with Crippen LogP contribution in [0, 0.1) is 13.1 Å². The molecule has 1 heterocycles. The maximum Gasteiger partial charge on any atom is 0.195 e. The maximum absolute atomic E-state index is 7.18. The minimum atomic E-state index is 0.347. The van der Waals surface area contributed by atoms with Crippen LogP contribution in [0.1, 0.15) is 0 Å². The number of benzene rings is 2. The highest BCUT2D eigenvalue weighted by atomic mass is 16.5. The molecule has 1 aromatic heterocycles. The summed E-state index contributed by atoms with van der Waals surface area (Å²) in [5.74, 6) is 0.646. The van der Waals surface area contributed by atoms with Gasteiger partial charge in [0.15, 0.2) is 11.4 Å². The average molecular weight is 289 g/mol. The van der Waals surface area contributed by atoms with Crippen LogP contribution in [-0.2, 0) is 0 Å². The van der Waals surface area contributed by atoms with Gasteiger partial charge in [0, 0.05) is 12.4 Å². The van der Waals surface area contributed by atoms with Crippen LogP contribution in [0.25, 0.3) is 20.5 Å². The van der Waals surface area contributed by atoms with Crippen LogP contribution in [0.4, 0.5) is 17.1 Å². The molecule has 0 aliphatic rings. The fraction of sp³-hybridized carbons (Fsp3) is 0.0625. The summed E-state index contributed by atoms with van der Waals surface area (Å²) in [4.78, 5) is 10.8. The van der Waals surface area contributed by atoms with E-state index in [1.54, 1.807) is 42.6 Å². The van der Waals surface area contributed by atoms with Gasteiger partial charge in [0.1, 0.15) is 12.1 Å². The van der Waals surface area contributed by atoms with Crippen molar-refractivity contribution in [2.24, 2.45) is 0 Å². The summed E-state index contributed by atoms with van der Waals surface area (Å²) in [5, 5.41) is 1.72. The normalized spacial score (nSPS) is 9.95. The Morgan fingerprint density at radius 2 is 1.77 bits per heavy atom. The van der Waals surface area contributed by atoms with Crippen molar-refractivity contribution in [3.63, 3.8) is 0 Å². The largest absolute Gasteiger partial charge is 0.494 e. The molecule has 0 saturated carbocycles. The number of hydrogen-bond donors (Lipinski definition) is 1. The lowest BCUT2D eigenvalue weighted by atomic mass is 10.1. The number of rotatable bonds is 3. The standard InChI is InChI=1S/C16H11N5O/c1-17-13-6-11-8-15(20-21-5-4-19-10-21)16(22-3)9-12(11)7-14(13)18-2/h4-10,20H,3H3. The monoisotopic (exact) mass is 289 g/mol. The molecular formula is C16H11N5O. The lowest BCUT2D eigenvalue weighted by molar-refractivity contribution is 0.416. The lowest BCUT2D eigenvalue weighted by Gasteiger charge is -2.13. The second-order valence-corrected chi connectivity index (χ2v) is 4.55. The third-order valence-electron chi connectivity index (χ3n) is 3.25. The number of anilines is 1. The number of nitrogens with zero attached hydrogens (tertiary/aromatic N) is 4. The van der Waals surface area contributed by atoms with Gasteiger partial charge in [0.2, 0.25) is 0 Å². The number of aromatic nitrogens is 2. The van der Waals surface area contributed by atoms with E-state index in [2.05, 4.69) is 20.1 Å². The van der Waals surface area contributed by atoms with E-state index in [-0.39, 0.29) is 0 Å². The predicted octanol–water partition coefficient (Wildman–Crippen LogP) is 4.02. The van der Waals surface area contributed by atoms with Crippen molar-refractivity contribution >= 4 is 27.8 Å². The van der Waals surface area contributed by atoms with Gasteiger partial charge in [-0.3, -0.25) is 19.8 Å². The molecule has 0 atom stereocenters.